The second-order valence-electron chi connectivity index (χ2n) is 5.65. The lowest BCUT2D eigenvalue weighted by Crippen LogP contribution is -2.53. The van der Waals surface area contributed by atoms with Crippen molar-refractivity contribution in [2.24, 2.45) is 0 Å². The molecule has 4 nitrogen and oxygen atoms in total. The molecule has 0 fully saturated rings. The van der Waals surface area contributed by atoms with Gasteiger partial charge >= 0.3 is 12.4 Å². The molecule has 0 bridgehead atoms. The first-order valence-corrected chi connectivity index (χ1v) is 8.73. The van der Waals surface area contributed by atoms with Gasteiger partial charge in [0, 0.05) is 11.3 Å². The number of rotatable bonds is 4. The first-order chi connectivity index (χ1) is 12.2. The van der Waals surface area contributed by atoms with Gasteiger partial charge in [-0.25, -0.2) is 8.42 Å². The van der Waals surface area contributed by atoms with Gasteiger partial charge in [0.1, 0.15) is 0 Å². The maximum absolute atomic E-state index is 12.8. The summed E-state index contributed by atoms with van der Waals surface area (Å²) in [6, 6.07) is 7.98. The van der Waals surface area contributed by atoms with Crippen LogP contribution in [0, 0.1) is 6.92 Å². The number of hydrogen-bond acceptors (Lipinski definition) is 3. The molecule has 2 aromatic carbocycles. The van der Waals surface area contributed by atoms with Gasteiger partial charge in [-0.3, -0.25) is 4.72 Å². The van der Waals surface area contributed by atoms with Crippen molar-refractivity contribution in [3.05, 3.63) is 59.7 Å². The van der Waals surface area contributed by atoms with Gasteiger partial charge in [0.05, 0.1) is 4.90 Å². The van der Waals surface area contributed by atoms with Crippen LogP contribution in [0.1, 0.15) is 11.1 Å². The van der Waals surface area contributed by atoms with E-state index in [1.807, 2.05) is 0 Å². The Morgan fingerprint density at radius 1 is 0.852 bits per heavy atom. The maximum atomic E-state index is 12.8. The normalized spacial score (nSPS) is 13.5. The van der Waals surface area contributed by atoms with E-state index in [0.717, 1.165) is 0 Å². The Morgan fingerprint density at radius 2 is 1.33 bits per heavy atom. The van der Waals surface area contributed by atoms with Gasteiger partial charge in [0.15, 0.2) is 0 Å². The molecule has 0 unspecified atom stereocenters. The Bertz CT molecular complexity index is 906. The number of aliphatic hydroxyl groups is 1. The molecule has 0 atom stereocenters. The highest BCUT2D eigenvalue weighted by atomic mass is 32.2. The highest BCUT2D eigenvalue weighted by molar-refractivity contribution is 7.92. The number of alkyl halides is 6. The minimum absolute atomic E-state index is 0.101. The smallest absolute Gasteiger partial charge is 0.369 e. The van der Waals surface area contributed by atoms with Gasteiger partial charge in [-0.05, 0) is 30.7 Å². The van der Waals surface area contributed by atoms with Crippen LogP contribution in [-0.2, 0) is 15.6 Å². The van der Waals surface area contributed by atoms with Gasteiger partial charge in [0.25, 0.3) is 15.6 Å². The van der Waals surface area contributed by atoms with Crippen molar-refractivity contribution in [3.63, 3.8) is 0 Å². The van der Waals surface area contributed by atoms with Gasteiger partial charge in [-0.15, -0.1) is 0 Å². The number of hydrogen-bond donors (Lipinski definition) is 2. The summed E-state index contributed by atoms with van der Waals surface area (Å²) in [6.45, 7) is 1.52. The number of sulfonamides is 1. The third-order valence-corrected chi connectivity index (χ3v) is 5.30. The molecule has 148 valence electrons. The fourth-order valence-electron chi connectivity index (χ4n) is 2.34. The number of aryl methyl sites for hydroxylation is 1. The van der Waals surface area contributed by atoms with Crippen LogP contribution in [0.2, 0.25) is 0 Å². The van der Waals surface area contributed by atoms with Crippen LogP contribution in [-0.4, -0.2) is 25.9 Å². The molecule has 0 saturated heterocycles. The van der Waals surface area contributed by atoms with E-state index in [9.17, 15) is 39.9 Å². The lowest BCUT2D eigenvalue weighted by atomic mass is 9.92. The van der Waals surface area contributed by atoms with Crippen LogP contribution in [0.25, 0.3) is 0 Å². The van der Waals surface area contributed by atoms with Gasteiger partial charge in [-0.1, -0.05) is 30.3 Å². The summed E-state index contributed by atoms with van der Waals surface area (Å²) in [5.74, 6) is 0. The summed E-state index contributed by atoms with van der Waals surface area (Å²) in [5, 5.41) is 9.30. The first kappa shape index (κ1) is 21.0. The summed E-state index contributed by atoms with van der Waals surface area (Å²) in [4.78, 5) is -0.101. The number of nitrogens with one attached hydrogen (secondary N) is 1. The van der Waals surface area contributed by atoms with Crippen LogP contribution in [0.15, 0.2) is 53.4 Å². The standard InChI is InChI=1S/C16H13F6NO3S/c1-10-4-2-3-5-13(10)27(25,26)23-12-8-6-11(7-9-12)14(24,15(17,18)19)16(20,21)22/h2-9,23-24H,1H3. The predicted octanol–water partition coefficient (Wildman–Crippen LogP) is 4.11. The number of benzene rings is 2. The second-order valence-corrected chi connectivity index (χ2v) is 7.31. The molecule has 0 aliphatic carbocycles. The molecule has 2 aromatic rings. The van der Waals surface area contributed by atoms with Crippen LogP contribution in [0.4, 0.5) is 32.0 Å². The zero-order chi connectivity index (χ0) is 20.7. The largest absolute Gasteiger partial charge is 0.430 e. The molecule has 2 rings (SSSR count). The van der Waals surface area contributed by atoms with E-state index in [2.05, 4.69) is 4.72 Å². The van der Waals surface area contributed by atoms with Gasteiger partial charge < -0.3 is 5.11 Å². The van der Waals surface area contributed by atoms with Crippen molar-refractivity contribution in [2.45, 2.75) is 29.8 Å². The molecule has 0 aromatic heterocycles. The lowest BCUT2D eigenvalue weighted by Gasteiger charge is -2.32. The van der Waals surface area contributed by atoms with Crippen molar-refractivity contribution in [1.29, 1.82) is 0 Å². The molecule has 27 heavy (non-hydrogen) atoms. The van der Waals surface area contributed by atoms with Crippen molar-refractivity contribution < 1.29 is 39.9 Å². The molecule has 0 aliphatic rings. The third kappa shape index (κ3) is 3.88. The van der Waals surface area contributed by atoms with E-state index in [4.69, 9.17) is 0 Å². The third-order valence-electron chi connectivity index (χ3n) is 3.76. The zero-order valence-electron chi connectivity index (χ0n) is 13.6. The average molecular weight is 413 g/mol. The number of halogens is 6. The Labute approximate surface area is 150 Å². The summed E-state index contributed by atoms with van der Waals surface area (Å²) < 4.78 is 104. The van der Waals surface area contributed by atoms with Crippen LogP contribution in [0.3, 0.4) is 0 Å². The van der Waals surface area contributed by atoms with Crippen molar-refractivity contribution in [2.75, 3.05) is 4.72 Å². The Hall–Kier alpha value is -2.27. The fourth-order valence-corrected chi connectivity index (χ4v) is 3.64. The van der Waals surface area contributed by atoms with E-state index in [1.165, 1.54) is 25.1 Å². The van der Waals surface area contributed by atoms with Crippen molar-refractivity contribution >= 4 is 15.7 Å². The summed E-state index contributed by atoms with van der Waals surface area (Å²) in [5.41, 5.74) is -6.44. The van der Waals surface area contributed by atoms with Gasteiger partial charge in [-0.2, -0.15) is 26.3 Å². The van der Waals surface area contributed by atoms with E-state index < -0.39 is 33.5 Å². The second kappa shape index (κ2) is 6.71. The Morgan fingerprint density at radius 3 is 1.78 bits per heavy atom. The SMILES string of the molecule is Cc1ccccc1S(=O)(=O)Nc1ccc(C(O)(C(F)(F)F)C(F)(F)F)cc1. The molecule has 11 heteroatoms. The van der Waals surface area contributed by atoms with Crippen LogP contribution in [0.5, 0.6) is 0 Å². The minimum atomic E-state index is -6.02. The Kier molecular flexibility index (Phi) is 5.23. The molecule has 2 N–H and O–H groups in total. The topological polar surface area (TPSA) is 66.4 Å². The van der Waals surface area contributed by atoms with E-state index in [-0.39, 0.29) is 10.6 Å². The molecular weight excluding hydrogens is 400 g/mol. The van der Waals surface area contributed by atoms with Crippen molar-refractivity contribution in [3.8, 4) is 0 Å². The molecular formula is C16H13F6NO3S. The highest BCUT2D eigenvalue weighted by Crippen LogP contribution is 2.50. The minimum Gasteiger partial charge on any atom is -0.369 e. The van der Waals surface area contributed by atoms with E-state index >= 15 is 0 Å². The lowest BCUT2D eigenvalue weighted by molar-refractivity contribution is -0.376. The van der Waals surface area contributed by atoms with Gasteiger partial charge in [0.2, 0.25) is 0 Å². The summed E-state index contributed by atoms with van der Waals surface area (Å²) >= 11 is 0. The van der Waals surface area contributed by atoms with Crippen LogP contribution < -0.4 is 4.72 Å². The quantitative estimate of drug-likeness (QED) is 0.742. The fraction of sp³-hybridized carbons (Fsp3) is 0.250. The van der Waals surface area contributed by atoms with Crippen LogP contribution >= 0.6 is 0 Å². The highest BCUT2D eigenvalue weighted by Gasteiger charge is 2.71. The summed E-state index contributed by atoms with van der Waals surface area (Å²) in [6.07, 6.45) is -12.0. The molecule has 0 radical (unpaired) electrons. The molecule has 0 amide bonds. The molecule has 0 aliphatic heterocycles. The van der Waals surface area contributed by atoms with E-state index in [1.54, 1.807) is 6.07 Å². The van der Waals surface area contributed by atoms with Crippen molar-refractivity contribution in [1.82, 2.24) is 0 Å². The maximum Gasteiger partial charge on any atom is 0.430 e. The molecule has 0 heterocycles. The number of anilines is 1. The predicted molar refractivity (Wildman–Crippen MR) is 84.4 cm³/mol. The monoisotopic (exact) mass is 413 g/mol. The average Bonchev–Trinajstić information content (AvgIpc) is 2.52. The Balaban J connectivity index is 2.39. The molecule has 0 spiro atoms. The zero-order valence-corrected chi connectivity index (χ0v) is 14.4. The first-order valence-electron chi connectivity index (χ1n) is 7.25. The summed E-state index contributed by atoms with van der Waals surface area (Å²) in [7, 11) is -4.11. The molecule has 0 saturated carbocycles. The van der Waals surface area contributed by atoms with E-state index in [0.29, 0.717) is 29.8 Å².